The molecular weight excluding hydrogens is 160 g/mol. The van der Waals surface area contributed by atoms with Gasteiger partial charge in [0.15, 0.2) is 0 Å². The lowest BCUT2D eigenvalue weighted by Crippen LogP contribution is -2.22. The fraction of sp³-hybridized carbons (Fsp3) is 0.545. The summed E-state index contributed by atoms with van der Waals surface area (Å²) in [7, 11) is 2.01. The van der Waals surface area contributed by atoms with Gasteiger partial charge in [-0.15, -0.1) is 0 Å². The summed E-state index contributed by atoms with van der Waals surface area (Å²) in [5.41, 5.74) is 2.78. The lowest BCUT2D eigenvalue weighted by molar-refractivity contribution is 0.515. The van der Waals surface area contributed by atoms with E-state index >= 15 is 0 Å². The number of fused-ring (bicyclic) bond motifs is 1. The molecule has 0 saturated carbocycles. The van der Waals surface area contributed by atoms with Crippen molar-refractivity contribution in [3.63, 3.8) is 0 Å². The number of nitrogens with one attached hydrogen (secondary N) is 1. The van der Waals surface area contributed by atoms with Crippen LogP contribution in [0.4, 0.5) is 0 Å². The average Bonchev–Trinajstić information content (AvgIpc) is 2.19. The second kappa shape index (κ2) is 3.88. The second-order valence-corrected chi connectivity index (χ2v) is 3.69. The van der Waals surface area contributed by atoms with Crippen molar-refractivity contribution in [2.75, 3.05) is 13.6 Å². The SMILES string of the molecule is CNCC1CCCc2cccnc21. The number of rotatable bonds is 2. The molecule has 0 radical (unpaired) electrons. The van der Waals surface area contributed by atoms with E-state index in [2.05, 4.69) is 16.4 Å². The van der Waals surface area contributed by atoms with E-state index in [1.807, 2.05) is 19.3 Å². The topological polar surface area (TPSA) is 24.9 Å². The molecule has 0 amide bonds. The van der Waals surface area contributed by atoms with Crippen LogP contribution in [0.2, 0.25) is 0 Å². The van der Waals surface area contributed by atoms with Gasteiger partial charge in [-0.1, -0.05) is 6.07 Å². The summed E-state index contributed by atoms with van der Waals surface area (Å²) in [6.07, 6.45) is 5.71. The molecule has 13 heavy (non-hydrogen) atoms. The first-order valence-corrected chi connectivity index (χ1v) is 5.00. The Morgan fingerprint density at radius 2 is 2.54 bits per heavy atom. The van der Waals surface area contributed by atoms with Crippen molar-refractivity contribution in [2.45, 2.75) is 25.2 Å². The highest BCUT2D eigenvalue weighted by atomic mass is 14.8. The van der Waals surface area contributed by atoms with Gasteiger partial charge in [-0.05, 0) is 37.9 Å². The van der Waals surface area contributed by atoms with Gasteiger partial charge in [0.05, 0.1) is 0 Å². The molecule has 1 N–H and O–H groups in total. The molecule has 1 atom stereocenters. The smallest absolute Gasteiger partial charge is 0.0479 e. The van der Waals surface area contributed by atoms with E-state index < -0.39 is 0 Å². The molecule has 1 aromatic rings. The summed E-state index contributed by atoms with van der Waals surface area (Å²) in [4.78, 5) is 4.48. The minimum absolute atomic E-state index is 0.634. The zero-order valence-corrected chi connectivity index (χ0v) is 8.09. The zero-order valence-electron chi connectivity index (χ0n) is 8.09. The Hall–Kier alpha value is -0.890. The summed E-state index contributed by atoms with van der Waals surface area (Å²) in [6.45, 7) is 1.06. The van der Waals surface area contributed by atoms with Crippen molar-refractivity contribution < 1.29 is 0 Å². The Morgan fingerprint density at radius 3 is 3.38 bits per heavy atom. The number of pyridine rings is 1. The Bertz CT molecular complexity index is 283. The van der Waals surface area contributed by atoms with Crippen LogP contribution >= 0.6 is 0 Å². The highest BCUT2D eigenvalue weighted by Crippen LogP contribution is 2.28. The van der Waals surface area contributed by atoms with Crippen molar-refractivity contribution in [1.29, 1.82) is 0 Å². The van der Waals surface area contributed by atoms with E-state index in [9.17, 15) is 0 Å². The van der Waals surface area contributed by atoms with E-state index in [4.69, 9.17) is 0 Å². The number of hydrogen-bond donors (Lipinski definition) is 1. The van der Waals surface area contributed by atoms with Crippen LogP contribution in [0.15, 0.2) is 18.3 Å². The third-order valence-electron chi connectivity index (χ3n) is 2.76. The summed E-state index contributed by atoms with van der Waals surface area (Å²) in [5.74, 6) is 0.634. The zero-order chi connectivity index (χ0) is 9.10. The van der Waals surface area contributed by atoms with Crippen LogP contribution in [-0.4, -0.2) is 18.6 Å². The highest BCUT2D eigenvalue weighted by Gasteiger charge is 2.19. The van der Waals surface area contributed by atoms with E-state index in [1.165, 1.54) is 30.5 Å². The predicted molar refractivity (Wildman–Crippen MR) is 53.8 cm³/mol. The minimum Gasteiger partial charge on any atom is -0.319 e. The number of likely N-dealkylation sites (N-methyl/N-ethyl adjacent to an activating group) is 1. The van der Waals surface area contributed by atoms with Crippen LogP contribution in [0, 0.1) is 0 Å². The molecule has 1 aromatic heterocycles. The Kier molecular flexibility index (Phi) is 2.60. The van der Waals surface area contributed by atoms with Gasteiger partial charge < -0.3 is 5.32 Å². The maximum absolute atomic E-state index is 4.48. The Balaban J connectivity index is 2.26. The first-order valence-electron chi connectivity index (χ1n) is 5.00. The standard InChI is InChI=1S/C11H16N2/c1-12-8-10-5-2-4-9-6-3-7-13-11(9)10/h3,6-7,10,12H,2,4-5,8H2,1H3. The molecule has 0 spiro atoms. The summed E-state index contributed by atoms with van der Waals surface area (Å²) in [5, 5.41) is 3.24. The van der Waals surface area contributed by atoms with E-state index in [-0.39, 0.29) is 0 Å². The van der Waals surface area contributed by atoms with Crippen LogP contribution in [0.1, 0.15) is 30.0 Å². The van der Waals surface area contributed by atoms with Crippen LogP contribution in [0.5, 0.6) is 0 Å². The van der Waals surface area contributed by atoms with Crippen LogP contribution in [-0.2, 0) is 6.42 Å². The average molecular weight is 176 g/mol. The number of aryl methyl sites for hydroxylation is 1. The van der Waals surface area contributed by atoms with Crippen LogP contribution < -0.4 is 5.32 Å². The molecule has 2 heteroatoms. The molecule has 70 valence electrons. The molecule has 0 aromatic carbocycles. The molecular formula is C11H16N2. The molecule has 1 heterocycles. The van der Waals surface area contributed by atoms with E-state index in [0.29, 0.717) is 5.92 Å². The molecule has 1 unspecified atom stereocenters. The van der Waals surface area contributed by atoms with Gasteiger partial charge in [0, 0.05) is 24.4 Å². The molecule has 2 rings (SSSR count). The lowest BCUT2D eigenvalue weighted by atomic mass is 9.87. The first-order chi connectivity index (χ1) is 6.42. The molecule has 1 aliphatic carbocycles. The summed E-state index contributed by atoms with van der Waals surface area (Å²) in [6, 6.07) is 4.25. The van der Waals surface area contributed by atoms with Crippen molar-refractivity contribution in [2.24, 2.45) is 0 Å². The lowest BCUT2D eigenvalue weighted by Gasteiger charge is -2.23. The van der Waals surface area contributed by atoms with Crippen molar-refractivity contribution in [1.82, 2.24) is 10.3 Å². The maximum atomic E-state index is 4.48. The molecule has 0 aliphatic heterocycles. The van der Waals surface area contributed by atoms with Gasteiger partial charge in [0.1, 0.15) is 0 Å². The van der Waals surface area contributed by atoms with Gasteiger partial charge in [-0.2, -0.15) is 0 Å². The summed E-state index contributed by atoms with van der Waals surface area (Å²) < 4.78 is 0. The third kappa shape index (κ3) is 1.73. The van der Waals surface area contributed by atoms with Gasteiger partial charge in [0.2, 0.25) is 0 Å². The van der Waals surface area contributed by atoms with Gasteiger partial charge >= 0.3 is 0 Å². The van der Waals surface area contributed by atoms with Gasteiger partial charge in [0.25, 0.3) is 0 Å². The number of aromatic nitrogens is 1. The first kappa shape index (κ1) is 8.70. The van der Waals surface area contributed by atoms with Crippen molar-refractivity contribution in [3.05, 3.63) is 29.6 Å². The second-order valence-electron chi connectivity index (χ2n) is 3.69. The number of nitrogens with zero attached hydrogens (tertiary/aromatic N) is 1. The monoisotopic (exact) mass is 176 g/mol. The van der Waals surface area contributed by atoms with E-state index in [1.54, 1.807) is 0 Å². The molecule has 2 nitrogen and oxygen atoms in total. The Labute approximate surface area is 79.4 Å². The van der Waals surface area contributed by atoms with Crippen molar-refractivity contribution >= 4 is 0 Å². The predicted octanol–water partition coefficient (Wildman–Crippen LogP) is 1.72. The fourth-order valence-corrected chi connectivity index (χ4v) is 2.15. The fourth-order valence-electron chi connectivity index (χ4n) is 2.15. The molecule has 0 fully saturated rings. The van der Waals surface area contributed by atoms with Gasteiger partial charge in [-0.3, -0.25) is 4.98 Å². The Morgan fingerprint density at radius 1 is 1.62 bits per heavy atom. The number of hydrogen-bond acceptors (Lipinski definition) is 2. The minimum atomic E-state index is 0.634. The van der Waals surface area contributed by atoms with Crippen LogP contribution in [0.3, 0.4) is 0 Å². The molecule has 1 aliphatic rings. The maximum Gasteiger partial charge on any atom is 0.0479 e. The normalized spacial score (nSPS) is 21.2. The van der Waals surface area contributed by atoms with Crippen LogP contribution in [0.25, 0.3) is 0 Å². The van der Waals surface area contributed by atoms with Gasteiger partial charge in [-0.25, -0.2) is 0 Å². The third-order valence-corrected chi connectivity index (χ3v) is 2.76. The largest absolute Gasteiger partial charge is 0.319 e. The van der Waals surface area contributed by atoms with E-state index in [0.717, 1.165) is 6.54 Å². The van der Waals surface area contributed by atoms with Crippen molar-refractivity contribution in [3.8, 4) is 0 Å². The molecule has 0 saturated heterocycles. The highest BCUT2D eigenvalue weighted by molar-refractivity contribution is 5.26. The summed E-state index contributed by atoms with van der Waals surface area (Å²) >= 11 is 0. The quantitative estimate of drug-likeness (QED) is 0.742. The molecule has 0 bridgehead atoms.